The third kappa shape index (κ3) is 1.43. The predicted molar refractivity (Wildman–Crippen MR) is 54.1 cm³/mol. The molecule has 0 amide bonds. The maximum absolute atomic E-state index is 11.8. The SMILES string of the molecule is O=C(c1cn(C2CNC2)nn1)c1ccco1. The molecular weight excluding hydrogens is 208 g/mol. The van der Waals surface area contributed by atoms with Crippen LogP contribution < -0.4 is 5.32 Å². The second-order valence-corrected chi connectivity index (χ2v) is 3.70. The van der Waals surface area contributed by atoms with Crippen molar-refractivity contribution in [2.45, 2.75) is 6.04 Å². The van der Waals surface area contributed by atoms with E-state index in [1.165, 1.54) is 6.26 Å². The normalized spacial score (nSPS) is 16.0. The van der Waals surface area contributed by atoms with Gasteiger partial charge in [-0.3, -0.25) is 4.79 Å². The van der Waals surface area contributed by atoms with E-state index < -0.39 is 0 Å². The Morgan fingerprint density at radius 3 is 3.06 bits per heavy atom. The molecule has 0 aromatic carbocycles. The summed E-state index contributed by atoms with van der Waals surface area (Å²) < 4.78 is 6.74. The van der Waals surface area contributed by atoms with Gasteiger partial charge in [-0.15, -0.1) is 5.10 Å². The summed E-state index contributed by atoms with van der Waals surface area (Å²) in [6.07, 6.45) is 3.13. The van der Waals surface area contributed by atoms with E-state index in [1.54, 1.807) is 23.0 Å². The Morgan fingerprint density at radius 1 is 1.56 bits per heavy atom. The number of aromatic nitrogens is 3. The van der Waals surface area contributed by atoms with Crippen LogP contribution in [-0.4, -0.2) is 33.9 Å². The Bertz CT molecular complexity index is 499. The van der Waals surface area contributed by atoms with Crippen molar-refractivity contribution >= 4 is 5.78 Å². The van der Waals surface area contributed by atoms with E-state index in [2.05, 4.69) is 15.6 Å². The largest absolute Gasteiger partial charge is 0.461 e. The minimum atomic E-state index is -0.233. The second kappa shape index (κ2) is 3.57. The summed E-state index contributed by atoms with van der Waals surface area (Å²) in [6.45, 7) is 1.75. The lowest BCUT2D eigenvalue weighted by atomic mass is 10.2. The van der Waals surface area contributed by atoms with Gasteiger partial charge in [0.2, 0.25) is 5.78 Å². The summed E-state index contributed by atoms with van der Waals surface area (Å²) in [5.74, 6) is 0.0577. The topological polar surface area (TPSA) is 73.0 Å². The first-order valence-electron chi connectivity index (χ1n) is 5.05. The number of nitrogens with zero attached hydrogens (tertiary/aromatic N) is 3. The number of rotatable bonds is 3. The van der Waals surface area contributed by atoms with Crippen molar-refractivity contribution in [3.63, 3.8) is 0 Å². The van der Waals surface area contributed by atoms with Crippen LogP contribution in [0.1, 0.15) is 22.3 Å². The van der Waals surface area contributed by atoms with Crippen LogP contribution in [0.2, 0.25) is 0 Å². The van der Waals surface area contributed by atoms with E-state index in [4.69, 9.17) is 4.42 Å². The van der Waals surface area contributed by atoms with E-state index in [9.17, 15) is 4.79 Å². The molecule has 2 aromatic rings. The summed E-state index contributed by atoms with van der Waals surface area (Å²) in [5, 5.41) is 10.9. The number of nitrogens with one attached hydrogen (secondary N) is 1. The average molecular weight is 218 g/mol. The first-order chi connectivity index (χ1) is 7.84. The highest BCUT2D eigenvalue weighted by Gasteiger charge is 2.22. The minimum absolute atomic E-state index is 0.233. The fourth-order valence-corrected chi connectivity index (χ4v) is 1.55. The molecule has 0 aliphatic carbocycles. The van der Waals surface area contributed by atoms with Gasteiger partial charge in [0.25, 0.3) is 0 Å². The molecule has 16 heavy (non-hydrogen) atoms. The third-order valence-electron chi connectivity index (χ3n) is 2.62. The molecule has 0 spiro atoms. The number of furan rings is 1. The molecule has 1 aliphatic heterocycles. The van der Waals surface area contributed by atoms with Gasteiger partial charge >= 0.3 is 0 Å². The Labute approximate surface area is 91.2 Å². The van der Waals surface area contributed by atoms with Crippen molar-refractivity contribution in [1.82, 2.24) is 20.3 Å². The zero-order chi connectivity index (χ0) is 11.0. The van der Waals surface area contributed by atoms with Crippen molar-refractivity contribution in [1.29, 1.82) is 0 Å². The molecule has 0 saturated carbocycles. The van der Waals surface area contributed by atoms with Crippen LogP contribution in [-0.2, 0) is 0 Å². The summed E-state index contributed by atoms with van der Waals surface area (Å²) in [7, 11) is 0. The predicted octanol–water partition coefficient (Wildman–Crippen LogP) is 0.246. The first kappa shape index (κ1) is 9.29. The molecule has 6 nitrogen and oxygen atoms in total. The molecule has 0 atom stereocenters. The maximum atomic E-state index is 11.8. The van der Waals surface area contributed by atoms with Gasteiger partial charge < -0.3 is 9.73 Å². The van der Waals surface area contributed by atoms with Crippen LogP contribution in [0.15, 0.2) is 29.0 Å². The van der Waals surface area contributed by atoms with E-state index in [-0.39, 0.29) is 5.78 Å². The molecule has 3 heterocycles. The van der Waals surface area contributed by atoms with Gasteiger partial charge in [0.05, 0.1) is 18.5 Å². The van der Waals surface area contributed by atoms with Gasteiger partial charge in [-0.2, -0.15) is 0 Å². The van der Waals surface area contributed by atoms with Crippen LogP contribution in [0, 0.1) is 0 Å². The maximum Gasteiger partial charge on any atom is 0.249 e. The third-order valence-corrected chi connectivity index (χ3v) is 2.62. The number of hydrogen-bond acceptors (Lipinski definition) is 5. The molecule has 1 fully saturated rings. The van der Waals surface area contributed by atoms with Gasteiger partial charge in [0, 0.05) is 13.1 Å². The van der Waals surface area contributed by atoms with Crippen LogP contribution in [0.3, 0.4) is 0 Å². The quantitative estimate of drug-likeness (QED) is 0.747. The molecule has 82 valence electrons. The number of ketones is 1. The summed E-state index contributed by atoms with van der Waals surface area (Å²) in [4.78, 5) is 11.8. The molecule has 2 aromatic heterocycles. The Hall–Kier alpha value is -1.95. The Morgan fingerprint density at radius 2 is 2.44 bits per heavy atom. The molecule has 0 radical (unpaired) electrons. The van der Waals surface area contributed by atoms with Crippen LogP contribution in [0.4, 0.5) is 0 Å². The molecule has 6 heteroatoms. The molecular formula is C10H10N4O2. The zero-order valence-corrected chi connectivity index (χ0v) is 8.46. The molecule has 0 bridgehead atoms. The Balaban J connectivity index is 1.84. The molecule has 1 N–H and O–H groups in total. The highest BCUT2D eigenvalue weighted by atomic mass is 16.3. The fraction of sp³-hybridized carbons (Fsp3) is 0.300. The van der Waals surface area contributed by atoms with Gasteiger partial charge in [-0.05, 0) is 12.1 Å². The molecule has 1 saturated heterocycles. The van der Waals surface area contributed by atoms with Gasteiger partial charge in [-0.25, -0.2) is 4.68 Å². The highest BCUT2D eigenvalue weighted by Crippen LogP contribution is 2.12. The van der Waals surface area contributed by atoms with Crippen LogP contribution >= 0.6 is 0 Å². The van der Waals surface area contributed by atoms with Crippen molar-refractivity contribution in [3.05, 3.63) is 36.0 Å². The lowest BCUT2D eigenvalue weighted by molar-refractivity contribution is 0.100. The first-order valence-corrected chi connectivity index (χ1v) is 5.05. The zero-order valence-electron chi connectivity index (χ0n) is 8.46. The van der Waals surface area contributed by atoms with Gasteiger partial charge in [0.1, 0.15) is 0 Å². The minimum Gasteiger partial charge on any atom is -0.461 e. The molecule has 1 aliphatic rings. The number of carbonyl (C=O) groups is 1. The monoisotopic (exact) mass is 218 g/mol. The number of carbonyl (C=O) groups excluding carboxylic acids is 1. The van der Waals surface area contributed by atoms with Gasteiger partial charge in [0.15, 0.2) is 11.5 Å². The summed E-state index contributed by atoms with van der Waals surface area (Å²) >= 11 is 0. The van der Waals surface area contributed by atoms with E-state index >= 15 is 0 Å². The second-order valence-electron chi connectivity index (χ2n) is 3.70. The average Bonchev–Trinajstić information content (AvgIpc) is 2.84. The van der Waals surface area contributed by atoms with E-state index in [0.29, 0.717) is 17.5 Å². The Kier molecular flexibility index (Phi) is 2.07. The van der Waals surface area contributed by atoms with E-state index in [0.717, 1.165) is 13.1 Å². The van der Waals surface area contributed by atoms with Crippen molar-refractivity contribution in [3.8, 4) is 0 Å². The van der Waals surface area contributed by atoms with Crippen molar-refractivity contribution < 1.29 is 9.21 Å². The fourth-order valence-electron chi connectivity index (χ4n) is 1.55. The smallest absolute Gasteiger partial charge is 0.249 e. The standard InChI is InChI=1S/C10H10N4O2/c15-10(9-2-1-3-16-9)8-6-14(13-12-8)7-4-11-5-7/h1-3,6-7,11H,4-5H2. The number of hydrogen-bond donors (Lipinski definition) is 1. The van der Waals surface area contributed by atoms with Crippen LogP contribution in [0.25, 0.3) is 0 Å². The highest BCUT2D eigenvalue weighted by molar-refractivity contribution is 6.05. The lowest BCUT2D eigenvalue weighted by Crippen LogP contribution is -2.43. The molecule has 3 rings (SSSR count). The van der Waals surface area contributed by atoms with E-state index in [1.807, 2.05) is 0 Å². The van der Waals surface area contributed by atoms with Crippen LogP contribution in [0.5, 0.6) is 0 Å². The summed E-state index contributed by atoms with van der Waals surface area (Å²) in [5.41, 5.74) is 0.321. The molecule has 0 unspecified atom stereocenters. The van der Waals surface area contributed by atoms with Gasteiger partial charge in [-0.1, -0.05) is 5.21 Å². The van der Waals surface area contributed by atoms with Crippen molar-refractivity contribution in [2.75, 3.05) is 13.1 Å². The lowest BCUT2D eigenvalue weighted by Gasteiger charge is -2.26. The summed E-state index contributed by atoms with van der Waals surface area (Å²) in [6, 6.07) is 3.60. The van der Waals surface area contributed by atoms with Crippen molar-refractivity contribution in [2.24, 2.45) is 0 Å².